The van der Waals surface area contributed by atoms with Crippen LogP contribution in [0.5, 0.6) is 0 Å². The van der Waals surface area contributed by atoms with E-state index in [1.54, 1.807) is 4.68 Å². The van der Waals surface area contributed by atoms with Crippen LogP contribution >= 0.6 is 15.9 Å². The second-order valence-electron chi connectivity index (χ2n) is 5.53. The summed E-state index contributed by atoms with van der Waals surface area (Å²) in [6, 6.07) is 8.30. The Labute approximate surface area is 135 Å². The summed E-state index contributed by atoms with van der Waals surface area (Å²) in [5.41, 5.74) is 9.67. The Kier molecular flexibility index (Phi) is 5.45. The van der Waals surface area contributed by atoms with Crippen LogP contribution in [-0.4, -0.2) is 9.78 Å². The molecule has 2 aromatic rings. The first-order valence-corrected chi connectivity index (χ1v) is 8.46. The molecule has 0 fully saturated rings. The summed E-state index contributed by atoms with van der Waals surface area (Å²) < 4.78 is 2.87. The predicted octanol–water partition coefficient (Wildman–Crippen LogP) is 5.12. The van der Waals surface area contributed by atoms with Crippen molar-refractivity contribution in [3.63, 3.8) is 0 Å². The van der Waals surface area contributed by atoms with Gasteiger partial charge in [-0.2, -0.15) is 5.10 Å². The van der Waals surface area contributed by atoms with Gasteiger partial charge in [0.1, 0.15) is 5.82 Å². The summed E-state index contributed by atoms with van der Waals surface area (Å²) in [6.07, 6.45) is 4.71. The van der Waals surface area contributed by atoms with E-state index in [1.807, 2.05) is 19.2 Å². The molecule has 0 radical (unpaired) electrons. The third kappa shape index (κ3) is 3.49. The molecule has 21 heavy (non-hydrogen) atoms. The monoisotopic (exact) mass is 349 g/mol. The van der Waals surface area contributed by atoms with Crippen molar-refractivity contribution < 1.29 is 0 Å². The molecule has 0 amide bonds. The van der Waals surface area contributed by atoms with Crippen molar-refractivity contribution in [2.24, 2.45) is 7.05 Å². The first-order valence-electron chi connectivity index (χ1n) is 7.66. The van der Waals surface area contributed by atoms with Crippen LogP contribution < -0.4 is 5.73 Å². The second kappa shape index (κ2) is 7.12. The van der Waals surface area contributed by atoms with Crippen molar-refractivity contribution in [3.8, 4) is 11.1 Å². The molecule has 4 heteroatoms. The smallest absolute Gasteiger partial charge is 0.129 e. The largest absolute Gasteiger partial charge is 0.383 e. The molecular weight excluding hydrogens is 326 g/mol. The minimum Gasteiger partial charge on any atom is -0.383 e. The van der Waals surface area contributed by atoms with Gasteiger partial charge in [0.05, 0.1) is 5.69 Å². The van der Waals surface area contributed by atoms with Crippen LogP contribution in [0.15, 0.2) is 28.7 Å². The molecule has 1 aromatic carbocycles. The van der Waals surface area contributed by atoms with Gasteiger partial charge in [-0.25, -0.2) is 0 Å². The first-order chi connectivity index (χ1) is 10.1. The molecular formula is C17H24BrN3. The van der Waals surface area contributed by atoms with Gasteiger partial charge < -0.3 is 5.73 Å². The van der Waals surface area contributed by atoms with Gasteiger partial charge in [-0.05, 0) is 30.5 Å². The van der Waals surface area contributed by atoms with E-state index in [0.29, 0.717) is 5.92 Å². The van der Waals surface area contributed by atoms with Crippen LogP contribution in [0.4, 0.5) is 5.82 Å². The van der Waals surface area contributed by atoms with E-state index in [1.165, 1.54) is 19.3 Å². The summed E-state index contributed by atoms with van der Waals surface area (Å²) in [6.45, 7) is 4.46. The molecule has 3 nitrogen and oxygen atoms in total. The highest BCUT2D eigenvalue weighted by Gasteiger charge is 2.22. The number of aromatic nitrogens is 2. The molecule has 0 aliphatic rings. The fraction of sp³-hybridized carbons (Fsp3) is 0.471. The zero-order valence-electron chi connectivity index (χ0n) is 13.1. The Balaban J connectivity index is 2.49. The highest BCUT2D eigenvalue weighted by Crippen LogP contribution is 2.37. The average molecular weight is 350 g/mol. The number of nitrogen functional groups attached to an aromatic ring is 1. The van der Waals surface area contributed by atoms with E-state index in [-0.39, 0.29) is 0 Å². The molecule has 0 saturated heterocycles. The topological polar surface area (TPSA) is 43.8 Å². The Morgan fingerprint density at radius 3 is 2.71 bits per heavy atom. The number of anilines is 1. The molecule has 0 spiro atoms. The number of hydrogen-bond acceptors (Lipinski definition) is 2. The average Bonchev–Trinajstić information content (AvgIpc) is 2.76. The summed E-state index contributed by atoms with van der Waals surface area (Å²) in [7, 11) is 1.92. The number of unbranched alkanes of at least 4 members (excludes halogenated alkanes) is 1. The lowest BCUT2D eigenvalue weighted by molar-refractivity contribution is 0.549. The van der Waals surface area contributed by atoms with Crippen molar-refractivity contribution in [3.05, 3.63) is 34.4 Å². The van der Waals surface area contributed by atoms with Gasteiger partial charge >= 0.3 is 0 Å². The minimum absolute atomic E-state index is 0.474. The van der Waals surface area contributed by atoms with Gasteiger partial charge in [0, 0.05) is 23.0 Å². The van der Waals surface area contributed by atoms with Crippen LogP contribution in [0, 0.1) is 0 Å². The first kappa shape index (κ1) is 16.1. The van der Waals surface area contributed by atoms with Gasteiger partial charge in [-0.1, -0.05) is 54.8 Å². The number of benzene rings is 1. The van der Waals surface area contributed by atoms with Gasteiger partial charge in [-0.15, -0.1) is 0 Å². The number of aryl methyl sites for hydroxylation is 1. The van der Waals surface area contributed by atoms with E-state index in [2.05, 4.69) is 41.9 Å². The van der Waals surface area contributed by atoms with Gasteiger partial charge in [0.15, 0.2) is 0 Å². The summed E-state index contributed by atoms with van der Waals surface area (Å²) in [5, 5.41) is 4.72. The van der Waals surface area contributed by atoms with E-state index >= 15 is 0 Å². The molecule has 1 heterocycles. The van der Waals surface area contributed by atoms with Crippen molar-refractivity contribution in [2.45, 2.75) is 45.4 Å². The number of nitrogens with zero attached hydrogens (tertiary/aromatic N) is 2. The summed E-state index contributed by atoms with van der Waals surface area (Å²) in [5.74, 6) is 1.22. The number of hydrogen-bond donors (Lipinski definition) is 1. The van der Waals surface area contributed by atoms with Crippen molar-refractivity contribution >= 4 is 21.7 Å². The summed E-state index contributed by atoms with van der Waals surface area (Å²) in [4.78, 5) is 0. The fourth-order valence-electron chi connectivity index (χ4n) is 2.77. The molecule has 0 saturated carbocycles. The van der Waals surface area contributed by atoms with Gasteiger partial charge in [0.2, 0.25) is 0 Å². The quantitative estimate of drug-likeness (QED) is 0.786. The zero-order valence-corrected chi connectivity index (χ0v) is 14.7. The fourth-order valence-corrected chi connectivity index (χ4v) is 3.17. The molecule has 1 unspecified atom stereocenters. The van der Waals surface area contributed by atoms with Gasteiger partial charge in [-0.3, -0.25) is 4.68 Å². The van der Waals surface area contributed by atoms with Crippen LogP contribution in [-0.2, 0) is 7.05 Å². The predicted molar refractivity (Wildman–Crippen MR) is 93.3 cm³/mol. The highest BCUT2D eigenvalue weighted by molar-refractivity contribution is 9.10. The van der Waals surface area contributed by atoms with Crippen molar-refractivity contribution in [1.82, 2.24) is 9.78 Å². The van der Waals surface area contributed by atoms with Crippen LogP contribution in [0.3, 0.4) is 0 Å². The zero-order chi connectivity index (χ0) is 15.4. The molecule has 2 rings (SSSR count). The third-order valence-electron chi connectivity index (χ3n) is 4.02. The molecule has 1 aromatic heterocycles. The van der Waals surface area contributed by atoms with Crippen molar-refractivity contribution in [2.75, 3.05) is 5.73 Å². The van der Waals surface area contributed by atoms with E-state index in [4.69, 9.17) is 10.8 Å². The van der Waals surface area contributed by atoms with Crippen LogP contribution in [0.25, 0.3) is 11.1 Å². The third-order valence-corrected chi connectivity index (χ3v) is 4.51. The lowest BCUT2D eigenvalue weighted by Crippen LogP contribution is -2.01. The van der Waals surface area contributed by atoms with Crippen LogP contribution in [0.2, 0.25) is 0 Å². The normalized spacial score (nSPS) is 12.6. The number of nitrogens with two attached hydrogens (primary N) is 1. The molecule has 0 bridgehead atoms. The number of halogens is 1. The van der Waals surface area contributed by atoms with Crippen LogP contribution in [0.1, 0.15) is 51.1 Å². The maximum Gasteiger partial charge on any atom is 0.129 e. The van der Waals surface area contributed by atoms with Crippen molar-refractivity contribution in [1.29, 1.82) is 0 Å². The maximum atomic E-state index is 6.29. The molecule has 114 valence electrons. The van der Waals surface area contributed by atoms with Gasteiger partial charge in [0.25, 0.3) is 0 Å². The summed E-state index contributed by atoms with van der Waals surface area (Å²) >= 11 is 3.54. The molecule has 0 aliphatic heterocycles. The minimum atomic E-state index is 0.474. The molecule has 1 atom stereocenters. The van der Waals surface area contributed by atoms with E-state index < -0.39 is 0 Å². The highest BCUT2D eigenvalue weighted by atomic mass is 79.9. The SMILES string of the molecule is CCCCC(CC)c1nn(C)c(N)c1-c1cccc(Br)c1. The Morgan fingerprint density at radius 2 is 2.10 bits per heavy atom. The lowest BCUT2D eigenvalue weighted by Gasteiger charge is -2.14. The number of rotatable bonds is 6. The maximum absolute atomic E-state index is 6.29. The Bertz CT molecular complexity index is 604. The Hall–Kier alpha value is -1.29. The molecule has 2 N–H and O–H groups in total. The van der Waals surface area contributed by atoms with E-state index in [9.17, 15) is 0 Å². The second-order valence-corrected chi connectivity index (χ2v) is 6.44. The Morgan fingerprint density at radius 1 is 1.33 bits per heavy atom. The standard InChI is InChI=1S/C17H24BrN3/c1-4-6-8-12(5-2)16-15(17(19)21(3)20-16)13-9-7-10-14(18)11-13/h7,9-12H,4-6,8,19H2,1-3H3. The van der Waals surface area contributed by atoms with E-state index in [0.717, 1.165) is 33.5 Å². The molecule has 0 aliphatic carbocycles. The lowest BCUT2D eigenvalue weighted by atomic mass is 9.91.